The van der Waals surface area contributed by atoms with Gasteiger partial charge in [0.15, 0.2) is 0 Å². The van der Waals surface area contributed by atoms with Crippen LogP contribution in [0.2, 0.25) is 0 Å². The average Bonchev–Trinajstić information content (AvgIpc) is 2.54. The first kappa shape index (κ1) is 15.6. The van der Waals surface area contributed by atoms with Crippen LogP contribution < -0.4 is 0 Å². The maximum atomic E-state index is 14.5. The Labute approximate surface area is 131 Å². The topological polar surface area (TPSA) is 51.0 Å². The SMILES string of the molecule is CC1=NC2(c3cc(N=O)ccc3F)CC(CF)OCC2CS1. The van der Waals surface area contributed by atoms with Gasteiger partial charge in [-0.3, -0.25) is 4.99 Å². The molecule has 22 heavy (non-hydrogen) atoms. The largest absolute Gasteiger partial charge is 0.375 e. The van der Waals surface area contributed by atoms with E-state index in [2.05, 4.69) is 10.2 Å². The van der Waals surface area contributed by atoms with Crippen LogP contribution in [0.1, 0.15) is 18.9 Å². The zero-order chi connectivity index (χ0) is 15.7. The fourth-order valence-electron chi connectivity index (χ4n) is 3.21. The summed E-state index contributed by atoms with van der Waals surface area (Å²) in [5.41, 5.74) is -0.412. The Hall–Kier alpha value is -1.34. The lowest BCUT2D eigenvalue weighted by atomic mass is 9.73. The van der Waals surface area contributed by atoms with E-state index in [1.165, 1.54) is 18.2 Å². The highest BCUT2D eigenvalue weighted by atomic mass is 32.2. The van der Waals surface area contributed by atoms with Crippen molar-refractivity contribution in [2.75, 3.05) is 19.0 Å². The van der Waals surface area contributed by atoms with Gasteiger partial charge in [0, 0.05) is 23.7 Å². The van der Waals surface area contributed by atoms with Gasteiger partial charge in [0.2, 0.25) is 0 Å². The highest BCUT2D eigenvalue weighted by Gasteiger charge is 2.49. The maximum absolute atomic E-state index is 14.5. The number of nitroso groups, excluding NO2 is 1. The van der Waals surface area contributed by atoms with E-state index in [1.54, 1.807) is 11.8 Å². The van der Waals surface area contributed by atoms with Crippen LogP contribution in [-0.4, -0.2) is 30.2 Å². The number of benzene rings is 1. The molecule has 1 aromatic carbocycles. The lowest BCUT2D eigenvalue weighted by Gasteiger charge is -2.46. The smallest absolute Gasteiger partial charge is 0.129 e. The highest BCUT2D eigenvalue weighted by molar-refractivity contribution is 8.13. The molecule has 3 rings (SSSR count). The normalized spacial score (nSPS) is 31.3. The molecule has 1 fully saturated rings. The summed E-state index contributed by atoms with van der Waals surface area (Å²) in [6.45, 7) is 1.56. The lowest BCUT2D eigenvalue weighted by molar-refractivity contribution is -0.0620. The summed E-state index contributed by atoms with van der Waals surface area (Å²) in [5.74, 6) is 0.229. The van der Waals surface area contributed by atoms with Gasteiger partial charge in [0.25, 0.3) is 0 Å². The van der Waals surface area contributed by atoms with Crippen LogP contribution in [0.3, 0.4) is 0 Å². The van der Waals surface area contributed by atoms with Gasteiger partial charge in [-0.15, -0.1) is 16.7 Å². The van der Waals surface area contributed by atoms with Gasteiger partial charge < -0.3 is 4.74 Å². The van der Waals surface area contributed by atoms with E-state index in [1.807, 2.05) is 6.92 Å². The van der Waals surface area contributed by atoms with E-state index in [9.17, 15) is 13.7 Å². The van der Waals surface area contributed by atoms with E-state index >= 15 is 0 Å². The van der Waals surface area contributed by atoms with Crippen LogP contribution in [0.15, 0.2) is 28.4 Å². The summed E-state index contributed by atoms with van der Waals surface area (Å²) in [5, 5.41) is 3.72. The molecule has 4 nitrogen and oxygen atoms in total. The molecule has 1 saturated heterocycles. The van der Waals surface area contributed by atoms with E-state index < -0.39 is 24.1 Å². The summed E-state index contributed by atoms with van der Waals surface area (Å²) in [6.07, 6.45) is -0.339. The second kappa shape index (κ2) is 6.04. The molecule has 0 N–H and O–H groups in total. The fourth-order valence-corrected chi connectivity index (χ4v) is 4.25. The van der Waals surface area contributed by atoms with E-state index in [0.717, 1.165) is 10.8 Å². The van der Waals surface area contributed by atoms with Crippen LogP contribution in [-0.2, 0) is 10.3 Å². The molecule has 0 aromatic heterocycles. The fraction of sp³-hybridized carbons (Fsp3) is 0.533. The number of fused-ring (bicyclic) bond motifs is 1. The van der Waals surface area contributed by atoms with Crippen LogP contribution in [0.5, 0.6) is 0 Å². The molecular weight excluding hydrogens is 310 g/mol. The quantitative estimate of drug-likeness (QED) is 0.790. The Balaban J connectivity index is 2.15. The molecule has 0 radical (unpaired) electrons. The first-order chi connectivity index (χ1) is 10.6. The van der Waals surface area contributed by atoms with Crippen molar-refractivity contribution in [3.63, 3.8) is 0 Å². The predicted octanol–water partition coefficient (Wildman–Crippen LogP) is 3.96. The summed E-state index contributed by atoms with van der Waals surface area (Å²) >= 11 is 1.59. The minimum Gasteiger partial charge on any atom is -0.375 e. The summed E-state index contributed by atoms with van der Waals surface area (Å²) in [6, 6.07) is 3.99. The molecule has 3 unspecified atom stereocenters. The molecule has 0 spiro atoms. The molecule has 0 saturated carbocycles. The molecular formula is C15H16F2N2O2S. The zero-order valence-electron chi connectivity index (χ0n) is 12.1. The van der Waals surface area contributed by atoms with Gasteiger partial charge in [-0.2, -0.15) is 0 Å². The first-order valence-corrected chi connectivity index (χ1v) is 8.08. The number of alkyl halides is 1. The summed E-state index contributed by atoms with van der Waals surface area (Å²) < 4.78 is 33.1. The first-order valence-electron chi connectivity index (χ1n) is 7.09. The van der Waals surface area contributed by atoms with E-state index in [0.29, 0.717) is 12.2 Å². The predicted molar refractivity (Wildman–Crippen MR) is 82.9 cm³/mol. The Morgan fingerprint density at radius 2 is 2.36 bits per heavy atom. The molecule has 2 heterocycles. The minimum atomic E-state index is -0.880. The van der Waals surface area contributed by atoms with Gasteiger partial charge in [-0.25, -0.2) is 8.78 Å². The lowest BCUT2D eigenvalue weighted by Crippen LogP contribution is -2.49. The number of ether oxygens (including phenoxy) is 1. The number of hydrogen-bond donors (Lipinski definition) is 0. The van der Waals surface area contributed by atoms with E-state index in [-0.39, 0.29) is 18.0 Å². The Morgan fingerprint density at radius 1 is 1.55 bits per heavy atom. The molecule has 0 amide bonds. The van der Waals surface area contributed by atoms with Crippen LogP contribution in [0, 0.1) is 16.6 Å². The number of thioether (sulfide) groups is 1. The standard InChI is InChI=1S/C15H16F2N2O2S/c1-9-18-15(13-4-11(19-20)2-3-14(13)17)5-12(6-16)21-7-10(15)8-22-9/h2-4,10,12H,5-8H2,1H3. The number of hydrogen-bond acceptors (Lipinski definition) is 5. The molecule has 118 valence electrons. The Bertz CT molecular complexity index is 626. The van der Waals surface area contributed by atoms with Gasteiger partial charge in [-0.1, -0.05) is 0 Å². The Morgan fingerprint density at radius 3 is 3.09 bits per heavy atom. The minimum absolute atomic E-state index is 0.0552. The van der Waals surface area contributed by atoms with Gasteiger partial charge in [0.1, 0.15) is 18.2 Å². The third-order valence-electron chi connectivity index (χ3n) is 4.29. The van der Waals surface area contributed by atoms with Crippen molar-refractivity contribution in [2.24, 2.45) is 16.1 Å². The number of halogens is 2. The van der Waals surface area contributed by atoms with Crippen LogP contribution in [0.4, 0.5) is 14.5 Å². The van der Waals surface area contributed by atoms with Crippen LogP contribution in [0.25, 0.3) is 0 Å². The van der Waals surface area contributed by atoms with Crippen molar-refractivity contribution in [2.45, 2.75) is 25.0 Å². The maximum Gasteiger partial charge on any atom is 0.129 e. The number of nitrogens with zero attached hydrogens (tertiary/aromatic N) is 2. The van der Waals surface area contributed by atoms with Crippen molar-refractivity contribution in [1.82, 2.24) is 0 Å². The van der Waals surface area contributed by atoms with Gasteiger partial charge in [0.05, 0.1) is 23.3 Å². The zero-order valence-corrected chi connectivity index (χ0v) is 12.9. The average molecular weight is 326 g/mol. The number of aliphatic imine (C=N–C) groups is 1. The molecule has 0 aliphatic carbocycles. The third-order valence-corrected chi connectivity index (χ3v) is 5.37. The molecule has 2 aliphatic heterocycles. The van der Waals surface area contributed by atoms with Crippen molar-refractivity contribution >= 4 is 22.5 Å². The molecule has 7 heteroatoms. The molecule has 0 bridgehead atoms. The third kappa shape index (κ3) is 2.56. The number of rotatable bonds is 3. The van der Waals surface area contributed by atoms with Crippen molar-refractivity contribution in [1.29, 1.82) is 0 Å². The van der Waals surface area contributed by atoms with Crippen molar-refractivity contribution in [3.05, 3.63) is 34.5 Å². The molecule has 1 aromatic rings. The van der Waals surface area contributed by atoms with Gasteiger partial charge >= 0.3 is 0 Å². The second-order valence-electron chi connectivity index (χ2n) is 5.63. The summed E-state index contributed by atoms with van der Waals surface area (Å²) in [4.78, 5) is 15.5. The second-order valence-corrected chi connectivity index (χ2v) is 6.85. The van der Waals surface area contributed by atoms with E-state index in [4.69, 9.17) is 4.74 Å². The summed E-state index contributed by atoms with van der Waals surface area (Å²) in [7, 11) is 0. The highest BCUT2D eigenvalue weighted by Crippen LogP contribution is 2.48. The molecule has 2 aliphatic rings. The van der Waals surface area contributed by atoms with Crippen molar-refractivity contribution < 1.29 is 13.5 Å². The van der Waals surface area contributed by atoms with Gasteiger partial charge in [-0.05, 0) is 30.3 Å². The Kier molecular flexibility index (Phi) is 4.27. The van der Waals surface area contributed by atoms with Crippen LogP contribution >= 0.6 is 11.8 Å². The van der Waals surface area contributed by atoms with Crippen molar-refractivity contribution in [3.8, 4) is 0 Å². The monoisotopic (exact) mass is 326 g/mol. The molecule has 3 atom stereocenters.